The maximum absolute atomic E-state index is 14.3. The lowest BCUT2D eigenvalue weighted by Gasteiger charge is -2.49. The molecule has 0 radical (unpaired) electrons. The van der Waals surface area contributed by atoms with Crippen molar-refractivity contribution in [1.29, 1.82) is 0 Å². The summed E-state index contributed by atoms with van der Waals surface area (Å²) in [4.78, 5) is 27.8. The summed E-state index contributed by atoms with van der Waals surface area (Å²) in [5.74, 6) is 0.469. The first-order chi connectivity index (χ1) is 20.3. The zero-order chi connectivity index (χ0) is 29.4. The van der Waals surface area contributed by atoms with Gasteiger partial charge in [0, 0.05) is 32.7 Å². The number of fused-ring (bicyclic) bond motifs is 2. The van der Waals surface area contributed by atoms with Crippen molar-refractivity contribution in [3.63, 3.8) is 0 Å². The molecule has 2 aliphatic heterocycles. The largest absolute Gasteiger partial charge is 0.491 e. The molecule has 1 spiro atoms. The quantitative estimate of drug-likeness (QED) is 0.265. The summed E-state index contributed by atoms with van der Waals surface area (Å²) in [6.45, 7) is 0.0857. The van der Waals surface area contributed by atoms with Crippen molar-refractivity contribution in [2.45, 2.75) is 24.3 Å². The molecule has 6 rings (SSSR count). The molecule has 3 N–H and O–H groups in total. The Hall–Kier alpha value is -3.49. The number of halogens is 3. The summed E-state index contributed by atoms with van der Waals surface area (Å²) >= 11 is 19.4. The molecule has 3 aromatic carbocycles. The summed E-state index contributed by atoms with van der Waals surface area (Å²) in [5.41, 5.74) is 0.674. The fourth-order valence-electron chi connectivity index (χ4n) is 6.38. The van der Waals surface area contributed by atoms with Crippen molar-refractivity contribution >= 4 is 52.3 Å². The summed E-state index contributed by atoms with van der Waals surface area (Å²) in [7, 11) is 0. The number of hydrogen-bond acceptors (Lipinski definition) is 5. The van der Waals surface area contributed by atoms with Crippen LogP contribution in [-0.2, 0) is 15.0 Å². The normalized spacial score (nSPS) is 24.6. The molecule has 1 unspecified atom stereocenters. The van der Waals surface area contributed by atoms with Crippen LogP contribution in [0.15, 0.2) is 83.9 Å². The number of anilines is 1. The zero-order valence-corrected chi connectivity index (χ0v) is 24.5. The predicted octanol–water partition coefficient (Wildman–Crippen LogP) is 6.92. The van der Waals surface area contributed by atoms with Crippen LogP contribution in [0.4, 0.5) is 5.69 Å². The van der Waals surface area contributed by atoms with Crippen LogP contribution in [0.5, 0.6) is 17.2 Å². The number of carbonyl (C=O) groups is 2. The smallest absolute Gasteiger partial charge is 0.237 e. The Balaban J connectivity index is 1.49. The van der Waals surface area contributed by atoms with E-state index in [1.165, 1.54) is 0 Å². The van der Waals surface area contributed by atoms with E-state index >= 15 is 0 Å². The van der Waals surface area contributed by atoms with Gasteiger partial charge in [-0.1, -0.05) is 53.0 Å². The number of carbonyl (C=O) groups excluding carboxylic acids is 2. The highest BCUT2D eigenvalue weighted by atomic mass is 35.5. The van der Waals surface area contributed by atoms with Crippen molar-refractivity contribution in [3.8, 4) is 17.2 Å². The molecule has 3 aliphatic rings. The molecular weight excluding hydrogens is 599 g/mol. The molecule has 10 heteroatoms. The van der Waals surface area contributed by atoms with Gasteiger partial charge in [0.2, 0.25) is 11.8 Å². The first kappa shape index (κ1) is 28.6. The standard InChI is InChI=1S/C32H27Cl3N2O5/c33-19-3-1-2-18(14-19)26-17-29(39)37-30(32(26)25-10-4-21(35)16-27(25)36-31(32)40)24-15-20(34)5-11-28(24)42-23-8-6-22(7-9-23)41-13-12-38/h1-11,15-16,18,26,30,38H,12-14,17H2,(H,36,40)(H,37,39)/t18?,26-,30-,32-/m0/s1. The molecule has 1 fully saturated rings. The lowest BCUT2D eigenvalue weighted by Crippen LogP contribution is -2.59. The second kappa shape index (κ2) is 11.7. The molecule has 42 heavy (non-hydrogen) atoms. The van der Waals surface area contributed by atoms with Gasteiger partial charge in [0.15, 0.2) is 0 Å². The number of benzene rings is 3. The fraction of sp³-hybridized carbons (Fsp3) is 0.250. The highest BCUT2D eigenvalue weighted by Gasteiger charge is 2.62. The number of aliphatic hydroxyl groups is 1. The van der Waals surface area contributed by atoms with E-state index in [-0.39, 0.29) is 37.4 Å². The lowest BCUT2D eigenvalue weighted by atomic mass is 9.57. The van der Waals surface area contributed by atoms with Gasteiger partial charge in [-0.15, -0.1) is 0 Å². The van der Waals surface area contributed by atoms with E-state index in [4.69, 9.17) is 49.4 Å². The van der Waals surface area contributed by atoms with E-state index in [9.17, 15) is 9.59 Å². The number of amides is 2. The van der Waals surface area contributed by atoms with Gasteiger partial charge in [0.25, 0.3) is 0 Å². The molecule has 4 atom stereocenters. The summed E-state index contributed by atoms with van der Waals surface area (Å²) in [6.07, 6.45) is 6.35. The van der Waals surface area contributed by atoms with E-state index in [2.05, 4.69) is 10.6 Å². The van der Waals surface area contributed by atoms with Crippen molar-refractivity contribution in [2.75, 3.05) is 18.5 Å². The van der Waals surface area contributed by atoms with E-state index in [0.717, 1.165) is 5.56 Å². The van der Waals surface area contributed by atoms with Crippen molar-refractivity contribution in [3.05, 3.63) is 105 Å². The maximum Gasteiger partial charge on any atom is 0.237 e. The van der Waals surface area contributed by atoms with Crippen LogP contribution in [0.1, 0.15) is 30.0 Å². The summed E-state index contributed by atoms with van der Waals surface area (Å²) in [5, 5.41) is 16.8. The van der Waals surface area contributed by atoms with Gasteiger partial charge in [-0.3, -0.25) is 9.59 Å². The summed E-state index contributed by atoms with van der Waals surface area (Å²) in [6, 6.07) is 16.6. The van der Waals surface area contributed by atoms with Gasteiger partial charge < -0.3 is 25.2 Å². The minimum atomic E-state index is -1.22. The van der Waals surface area contributed by atoms with Gasteiger partial charge >= 0.3 is 0 Å². The highest BCUT2D eigenvalue weighted by Crippen LogP contribution is 2.58. The van der Waals surface area contributed by atoms with Gasteiger partial charge in [-0.25, -0.2) is 0 Å². The molecule has 2 heterocycles. The third kappa shape index (κ3) is 5.15. The molecule has 0 saturated carbocycles. The number of aliphatic hydroxyl groups excluding tert-OH is 1. The Morgan fingerprint density at radius 3 is 2.43 bits per heavy atom. The van der Waals surface area contributed by atoms with Crippen LogP contribution >= 0.6 is 34.8 Å². The molecule has 1 aliphatic carbocycles. The van der Waals surface area contributed by atoms with Crippen LogP contribution in [0.3, 0.4) is 0 Å². The molecule has 1 saturated heterocycles. The van der Waals surface area contributed by atoms with Gasteiger partial charge in [-0.2, -0.15) is 0 Å². The molecule has 7 nitrogen and oxygen atoms in total. The number of allylic oxidation sites excluding steroid dienone is 4. The SMILES string of the molecule is O=C1C[C@@H](C2C=CC=C(Cl)C2)[C@]2(C(=O)Nc3cc(Cl)ccc32)[C@H](c2cc(Cl)ccc2Oc2ccc(OCCO)cc2)N1. The first-order valence-electron chi connectivity index (χ1n) is 13.5. The first-order valence-corrected chi connectivity index (χ1v) is 14.7. The van der Waals surface area contributed by atoms with E-state index in [1.807, 2.05) is 24.3 Å². The summed E-state index contributed by atoms with van der Waals surface area (Å²) < 4.78 is 11.8. The number of piperidine rings is 1. The van der Waals surface area contributed by atoms with Crippen LogP contribution < -0.4 is 20.1 Å². The van der Waals surface area contributed by atoms with Crippen molar-refractivity contribution in [2.24, 2.45) is 11.8 Å². The van der Waals surface area contributed by atoms with Gasteiger partial charge in [0.05, 0.1) is 12.6 Å². The second-order valence-corrected chi connectivity index (χ2v) is 11.9. The van der Waals surface area contributed by atoms with E-state index in [1.54, 1.807) is 54.6 Å². The topological polar surface area (TPSA) is 96.9 Å². The Morgan fingerprint density at radius 2 is 1.67 bits per heavy atom. The lowest BCUT2D eigenvalue weighted by molar-refractivity contribution is -0.135. The van der Waals surface area contributed by atoms with Crippen molar-refractivity contribution < 1.29 is 24.2 Å². The molecule has 0 bridgehead atoms. The molecule has 2 amide bonds. The minimum absolute atomic E-state index is 0.0930. The van der Waals surface area contributed by atoms with Crippen LogP contribution in [0.2, 0.25) is 10.0 Å². The number of nitrogens with one attached hydrogen (secondary N) is 2. The van der Waals surface area contributed by atoms with Gasteiger partial charge in [-0.05, 0) is 84.5 Å². The Bertz CT molecular complexity index is 1610. The zero-order valence-electron chi connectivity index (χ0n) is 22.3. The third-order valence-electron chi connectivity index (χ3n) is 8.08. The minimum Gasteiger partial charge on any atom is -0.491 e. The Labute approximate surface area is 258 Å². The second-order valence-electron chi connectivity index (χ2n) is 10.5. The average molecular weight is 626 g/mol. The van der Waals surface area contributed by atoms with Crippen LogP contribution in [0, 0.1) is 11.8 Å². The number of ether oxygens (including phenoxy) is 2. The van der Waals surface area contributed by atoms with E-state index < -0.39 is 17.4 Å². The van der Waals surface area contributed by atoms with Gasteiger partial charge in [0.1, 0.15) is 29.3 Å². The molecule has 0 aromatic heterocycles. The predicted molar refractivity (Wildman–Crippen MR) is 162 cm³/mol. The maximum atomic E-state index is 14.3. The third-order valence-corrected chi connectivity index (χ3v) is 8.83. The molecular formula is C32H27Cl3N2O5. The average Bonchev–Trinajstić information content (AvgIpc) is 3.25. The number of rotatable bonds is 7. The number of hydrogen-bond donors (Lipinski definition) is 3. The van der Waals surface area contributed by atoms with Crippen LogP contribution in [0.25, 0.3) is 0 Å². The highest BCUT2D eigenvalue weighted by molar-refractivity contribution is 6.31. The molecule has 216 valence electrons. The Kier molecular flexibility index (Phi) is 7.94. The molecule has 3 aromatic rings. The Morgan fingerprint density at radius 1 is 0.929 bits per heavy atom. The van der Waals surface area contributed by atoms with Crippen LogP contribution in [-0.4, -0.2) is 30.1 Å². The fourth-order valence-corrected chi connectivity index (χ4v) is 6.98. The monoisotopic (exact) mass is 624 g/mol. The van der Waals surface area contributed by atoms with E-state index in [0.29, 0.717) is 50.0 Å². The van der Waals surface area contributed by atoms with Crippen molar-refractivity contribution in [1.82, 2.24) is 5.32 Å².